The summed E-state index contributed by atoms with van der Waals surface area (Å²) in [4.78, 5) is 23.5. The van der Waals surface area contributed by atoms with Gasteiger partial charge in [0.15, 0.2) is 5.69 Å². The number of carboxylic acid groups (broad SMARTS) is 1. The van der Waals surface area contributed by atoms with Gasteiger partial charge in [0.2, 0.25) is 5.91 Å². The number of alkyl halides is 3. The SMILES string of the molecule is COCCN(CC(=O)O)C(=O)Cn1ccc(C(F)(F)F)n1. The zero-order valence-corrected chi connectivity index (χ0v) is 11.1. The van der Waals surface area contributed by atoms with E-state index in [1.807, 2.05) is 0 Å². The van der Waals surface area contributed by atoms with Crippen molar-refractivity contribution >= 4 is 11.9 Å². The minimum Gasteiger partial charge on any atom is -0.480 e. The molecule has 0 saturated heterocycles. The highest BCUT2D eigenvalue weighted by Crippen LogP contribution is 2.27. The Balaban J connectivity index is 2.71. The van der Waals surface area contributed by atoms with Crippen LogP contribution in [0.3, 0.4) is 0 Å². The third kappa shape index (κ3) is 5.42. The number of rotatable bonds is 7. The van der Waals surface area contributed by atoms with E-state index in [0.29, 0.717) is 0 Å². The van der Waals surface area contributed by atoms with Gasteiger partial charge in [-0.2, -0.15) is 18.3 Å². The zero-order valence-electron chi connectivity index (χ0n) is 11.1. The summed E-state index contributed by atoms with van der Waals surface area (Å²) < 4.78 is 42.7. The molecule has 0 radical (unpaired) electrons. The van der Waals surface area contributed by atoms with Gasteiger partial charge in [0.25, 0.3) is 0 Å². The summed E-state index contributed by atoms with van der Waals surface area (Å²) in [5.74, 6) is -1.89. The molecule has 0 aliphatic heterocycles. The number of nitrogens with zero attached hydrogens (tertiary/aromatic N) is 3. The molecule has 0 bridgehead atoms. The number of hydrogen-bond donors (Lipinski definition) is 1. The Morgan fingerprint density at radius 2 is 2.14 bits per heavy atom. The van der Waals surface area contributed by atoms with Crippen molar-refractivity contribution in [3.05, 3.63) is 18.0 Å². The molecule has 0 fully saturated rings. The standard InChI is InChI=1S/C11H14F3N3O4/c1-21-5-4-16(7-10(19)20)9(18)6-17-3-2-8(15-17)11(12,13)14/h2-3H,4-7H2,1H3,(H,19,20). The van der Waals surface area contributed by atoms with E-state index in [1.165, 1.54) is 7.11 Å². The van der Waals surface area contributed by atoms with Crippen molar-refractivity contribution in [2.24, 2.45) is 0 Å². The topological polar surface area (TPSA) is 84.7 Å². The molecular weight excluding hydrogens is 295 g/mol. The summed E-state index contributed by atoms with van der Waals surface area (Å²) in [7, 11) is 1.38. The second-order valence-electron chi connectivity index (χ2n) is 4.10. The summed E-state index contributed by atoms with van der Waals surface area (Å²) in [5.41, 5.74) is -1.11. The predicted molar refractivity (Wildman–Crippen MR) is 63.3 cm³/mol. The molecule has 0 aliphatic carbocycles. The van der Waals surface area contributed by atoms with E-state index in [2.05, 4.69) is 5.10 Å². The quantitative estimate of drug-likeness (QED) is 0.791. The van der Waals surface area contributed by atoms with E-state index < -0.39 is 36.8 Å². The van der Waals surface area contributed by atoms with Crippen molar-refractivity contribution in [3.63, 3.8) is 0 Å². The molecule has 1 aromatic rings. The maximum atomic E-state index is 12.4. The number of aromatic nitrogens is 2. The molecule has 1 rings (SSSR count). The van der Waals surface area contributed by atoms with Crippen LogP contribution < -0.4 is 0 Å². The lowest BCUT2D eigenvalue weighted by atomic mass is 10.4. The molecule has 10 heteroatoms. The fourth-order valence-electron chi connectivity index (χ4n) is 1.50. The van der Waals surface area contributed by atoms with Gasteiger partial charge in [-0.3, -0.25) is 14.3 Å². The van der Waals surface area contributed by atoms with E-state index in [4.69, 9.17) is 9.84 Å². The van der Waals surface area contributed by atoms with E-state index in [9.17, 15) is 22.8 Å². The number of carbonyl (C=O) groups excluding carboxylic acids is 1. The minimum absolute atomic E-state index is 0.0228. The number of carboxylic acids is 1. The van der Waals surface area contributed by atoms with Gasteiger partial charge in [0.05, 0.1) is 6.61 Å². The highest BCUT2D eigenvalue weighted by Gasteiger charge is 2.33. The van der Waals surface area contributed by atoms with Crippen LogP contribution in [0.4, 0.5) is 13.2 Å². The third-order valence-corrected chi connectivity index (χ3v) is 2.47. The van der Waals surface area contributed by atoms with E-state index in [0.717, 1.165) is 21.8 Å². The van der Waals surface area contributed by atoms with Gasteiger partial charge in [-0.15, -0.1) is 0 Å². The molecule has 0 spiro atoms. The summed E-state index contributed by atoms with van der Waals surface area (Å²) in [5, 5.41) is 11.9. The van der Waals surface area contributed by atoms with Crippen LogP contribution in [0, 0.1) is 0 Å². The van der Waals surface area contributed by atoms with Crippen LogP contribution in [0.2, 0.25) is 0 Å². The van der Waals surface area contributed by atoms with Gasteiger partial charge in [0.1, 0.15) is 13.1 Å². The van der Waals surface area contributed by atoms with Gasteiger partial charge >= 0.3 is 12.1 Å². The highest BCUT2D eigenvalue weighted by molar-refractivity contribution is 5.81. The molecule has 0 aromatic carbocycles. The number of ether oxygens (including phenoxy) is 1. The molecule has 1 heterocycles. The first-order valence-corrected chi connectivity index (χ1v) is 5.83. The second-order valence-corrected chi connectivity index (χ2v) is 4.10. The van der Waals surface area contributed by atoms with Gasteiger partial charge in [-0.25, -0.2) is 0 Å². The van der Waals surface area contributed by atoms with Gasteiger partial charge < -0.3 is 14.7 Å². The Morgan fingerprint density at radius 3 is 2.62 bits per heavy atom. The molecule has 1 amide bonds. The van der Waals surface area contributed by atoms with Gasteiger partial charge in [-0.1, -0.05) is 0 Å². The Hall–Kier alpha value is -2.10. The summed E-state index contributed by atoms with van der Waals surface area (Å²) >= 11 is 0. The first-order valence-electron chi connectivity index (χ1n) is 5.83. The molecule has 0 saturated carbocycles. The Morgan fingerprint density at radius 1 is 1.48 bits per heavy atom. The largest absolute Gasteiger partial charge is 0.480 e. The van der Waals surface area contributed by atoms with Crippen molar-refractivity contribution < 1.29 is 32.6 Å². The van der Waals surface area contributed by atoms with Crippen LogP contribution in [-0.4, -0.2) is 58.5 Å². The summed E-state index contributed by atoms with van der Waals surface area (Å²) in [6.07, 6.45) is -3.58. The van der Waals surface area contributed by atoms with Crippen LogP contribution in [0.1, 0.15) is 5.69 Å². The minimum atomic E-state index is -4.59. The number of methoxy groups -OCH3 is 1. The number of hydrogen-bond acceptors (Lipinski definition) is 4. The van der Waals surface area contributed by atoms with Crippen LogP contribution in [-0.2, 0) is 27.0 Å². The Kier molecular flexibility index (Phi) is 5.70. The van der Waals surface area contributed by atoms with Gasteiger partial charge in [-0.05, 0) is 6.07 Å². The molecule has 0 atom stereocenters. The average molecular weight is 309 g/mol. The van der Waals surface area contributed by atoms with Crippen LogP contribution >= 0.6 is 0 Å². The monoisotopic (exact) mass is 309 g/mol. The van der Waals surface area contributed by atoms with Crippen LogP contribution in [0.5, 0.6) is 0 Å². The smallest absolute Gasteiger partial charge is 0.435 e. The average Bonchev–Trinajstić information content (AvgIpc) is 2.82. The second kappa shape index (κ2) is 7.07. The van der Waals surface area contributed by atoms with Crippen molar-refractivity contribution in [3.8, 4) is 0 Å². The maximum Gasteiger partial charge on any atom is 0.435 e. The molecule has 118 valence electrons. The van der Waals surface area contributed by atoms with E-state index >= 15 is 0 Å². The molecule has 7 nitrogen and oxygen atoms in total. The predicted octanol–water partition coefficient (Wildman–Crippen LogP) is 0.461. The lowest BCUT2D eigenvalue weighted by Crippen LogP contribution is -2.40. The first kappa shape index (κ1) is 17.0. The first-order chi connectivity index (χ1) is 9.74. The van der Waals surface area contributed by atoms with Crippen molar-refractivity contribution in [1.29, 1.82) is 0 Å². The summed E-state index contributed by atoms with van der Waals surface area (Å²) in [6.45, 7) is -0.899. The van der Waals surface area contributed by atoms with Crippen LogP contribution in [0.15, 0.2) is 12.3 Å². The third-order valence-electron chi connectivity index (χ3n) is 2.47. The van der Waals surface area contributed by atoms with Crippen molar-refractivity contribution in [2.45, 2.75) is 12.7 Å². The molecule has 1 aromatic heterocycles. The molecule has 0 unspecified atom stereocenters. The fourth-order valence-corrected chi connectivity index (χ4v) is 1.50. The Labute approximate surface area is 117 Å². The van der Waals surface area contributed by atoms with Gasteiger partial charge in [0, 0.05) is 19.9 Å². The Bertz CT molecular complexity index is 501. The normalized spacial score (nSPS) is 11.4. The highest BCUT2D eigenvalue weighted by atomic mass is 19.4. The van der Waals surface area contributed by atoms with E-state index in [-0.39, 0.29) is 13.2 Å². The lowest BCUT2D eigenvalue weighted by Gasteiger charge is -2.20. The van der Waals surface area contributed by atoms with Crippen molar-refractivity contribution in [1.82, 2.24) is 14.7 Å². The molecule has 21 heavy (non-hydrogen) atoms. The number of amides is 1. The number of halogens is 3. The van der Waals surface area contributed by atoms with Crippen molar-refractivity contribution in [2.75, 3.05) is 26.8 Å². The molecule has 1 N–H and O–H groups in total. The number of aliphatic carboxylic acids is 1. The zero-order chi connectivity index (χ0) is 16.0. The number of carbonyl (C=O) groups is 2. The van der Waals surface area contributed by atoms with E-state index in [1.54, 1.807) is 0 Å². The maximum absolute atomic E-state index is 12.4. The van der Waals surface area contributed by atoms with Crippen LogP contribution in [0.25, 0.3) is 0 Å². The fraction of sp³-hybridized carbons (Fsp3) is 0.545. The molecule has 0 aliphatic rings. The molecular formula is C11H14F3N3O4. The summed E-state index contributed by atoms with van der Waals surface area (Å²) in [6, 6.07) is 0.740. The lowest BCUT2D eigenvalue weighted by molar-refractivity contribution is -0.145.